The molecule has 1 aliphatic rings. The highest BCUT2D eigenvalue weighted by atomic mass is 79.9. The first-order chi connectivity index (χ1) is 7.76. The van der Waals surface area contributed by atoms with E-state index >= 15 is 0 Å². The van der Waals surface area contributed by atoms with Gasteiger partial charge in [-0.3, -0.25) is 0 Å². The van der Waals surface area contributed by atoms with Crippen LogP contribution in [0.1, 0.15) is 50.0 Å². The summed E-state index contributed by atoms with van der Waals surface area (Å²) in [4.78, 5) is 9.21. The molecule has 0 unspecified atom stereocenters. The third-order valence-electron chi connectivity index (χ3n) is 2.88. The lowest BCUT2D eigenvalue weighted by molar-refractivity contribution is 0.742. The van der Waals surface area contributed by atoms with Crippen molar-refractivity contribution < 1.29 is 0 Å². The Labute approximate surface area is 105 Å². The molecule has 0 aliphatic heterocycles. The van der Waals surface area contributed by atoms with Gasteiger partial charge < -0.3 is 5.32 Å². The molecule has 0 spiro atoms. The van der Waals surface area contributed by atoms with E-state index in [-0.39, 0.29) is 0 Å². The summed E-state index contributed by atoms with van der Waals surface area (Å²) >= 11 is 3.60. The van der Waals surface area contributed by atoms with Crippen LogP contribution in [0.25, 0.3) is 0 Å². The summed E-state index contributed by atoms with van der Waals surface area (Å²) in [6.45, 7) is 2.19. The Morgan fingerprint density at radius 2 is 2.12 bits per heavy atom. The summed E-state index contributed by atoms with van der Waals surface area (Å²) in [7, 11) is 1.91. The lowest BCUT2D eigenvalue weighted by Gasteiger charge is -2.10. The number of aryl methyl sites for hydroxylation is 1. The fraction of sp³-hybridized carbons (Fsp3) is 0.667. The lowest BCUT2D eigenvalue weighted by Crippen LogP contribution is -2.05. The molecule has 0 atom stereocenters. The number of nitrogens with one attached hydrogen (secondary N) is 1. The first-order valence-electron chi connectivity index (χ1n) is 6.00. The van der Waals surface area contributed by atoms with Gasteiger partial charge in [0.25, 0.3) is 0 Å². The van der Waals surface area contributed by atoms with Gasteiger partial charge in [-0.25, -0.2) is 9.97 Å². The number of rotatable bonds is 5. The van der Waals surface area contributed by atoms with Gasteiger partial charge in [0.05, 0.1) is 10.2 Å². The first kappa shape index (κ1) is 11.8. The zero-order chi connectivity index (χ0) is 11.5. The molecule has 1 aromatic rings. The first-order valence-corrected chi connectivity index (χ1v) is 6.79. The van der Waals surface area contributed by atoms with Crippen molar-refractivity contribution in [2.45, 2.75) is 44.9 Å². The van der Waals surface area contributed by atoms with Crippen LogP contribution in [0.5, 0.6) is 0 Å². The van der Waals surface area contributed by atoms with Crippen molar-refractivity contribution in [2.24, 2.45) is 0 Å². The molecule has 0 amide bonds. The van der Waals surface area contributed by atoms with E-state index in [9.17, 15) is 0 Å². The molecule has 1 heterocycles. The van der Waals surface area contributed by atoms with Crippen molar-refractivity contribution in [2.75, 3.05) is 12.4 Å². The summed E-state index contributed by atoms with van der Waals surface area (Å²) in [6, 6.07) is 0. The van der Waals surface area contributed by atoms with Crippen LogP contribution in [-0.4, -0.2) is 17.0 Å². The predicted octanol–water partition coefficient (Wildman–Crippen LogP) is 3.50. The Bertz CT molecular complexity index is 375. The van der Waals surface area contributed by atoms with E-state index in [2.05, 4.69) is 38.1 Å². The van der Waals surface area contributed by atoms with E-state index < -0.39 is 0 Å². The van der Waals surface area contributed by atoms with E-state index in [1.807, 2.05) is 7.05 Å². The second-order valence-corrected chi connectivity index (χ2v) is 5.11. The summed E-state index contributed by atoms with van der Waals surface area (Å²) in [5.41, 5.74) is 1.20. The Kier molecular flexibility index (Phi) is 3.79. The van der Waals surface area contributed by atoms with Gasteiger partial charge >= 0.3 is 0 Å². The van der Waals surface area contributed by atoms with Crippen LogP contribution in [0.3, 0.4) is 0 Å². The maximum atomic E-state index is 4.68. The number of anilines is 1. The zero-order valence-electron chi connectivity index (χ0n) is 9.89. The maximum absolute atomic E-state index is 4.68. The van der Waals surface area contributed by atoms with E-state index in [0.29, 0.717) is 5.92 Å². The van der Waals surface area contributed by atoms with Gasteiger partial charge in [0.2, 0.25) is 0 Å². The van der Waals surface area contributed by atoms with E-state index in [4.69, 9.17) is 0 Å². The molecule has 0 aromatic carbocycles. The monoisotopic (exact) mass is 283 g/mol. The maximum Gasteiger partial charge on any atom is 0.144 e. The lowest BCUT2D eigenvalue weighted by atomic mass is 10.2. The van der Waals surface area contributed by atoms with Gasteiger partial charge in [0, 0.05) is 19.4 Å². The largest absolute Gasteiger partial charge is 0.372 e. The highest BCUT2D eigenvalue weighted by Gasteiger charge is 2.29. The number of unbranched alkanes of at least 4 members (excludes halogenated alkanes) is 1. The molecule has 0 radical (unpaired) electrons. The normalized spacial score (nSPS) is 15.2. The van der Waals surface area contributed by atoms with Crippen molar-refractivity contribution in [3.8, 4) is 0 Å². The molecule has 0 saturated heterocycles. The van der Waals surface area contributed by atoms with Gasteiger partial charge in [-0.15, -0.1) is 0 Å². The van der Waals surface area contributed by atoms with Gasteiger partial charge in [0.1, 0.15) is 11.6 Å². The van der Waals surface area contributed by atoms with Crippen LogP contribution >= 0.6 is 15.9 Å². The standard InChI is InChI=1S/C12H18BrN3/c1-3-4-5-9-15-11(8-6-7-8)10(13)12(14-2)16-9/h8H,3-7H2,1-2H3,(H,14,15,16). The molecule has 1 aliphatic carbocycles. The minimum absolute atomic E-state index is 0.657. The Morgan fingerprint density at radius 1 is 1.38 bits per heavy atom. The highest BCUT2D eigenvalue weighted by Crippen LogP contribution is 2.43. The van der Waals surface area contributed by atoms with Crippen LogP contribution in [0.4, 0.5) is 5.82 Å². The highest BCUT2D eigenvalue weighted by molar-refractivity contribution is 9.10. The number of aromatic nitrogens is 2. The minimum atomic E-state index is 0.657. The Hall–Kier alpha value is -0.640. The average molecular weight is 284 g/mol. The minimum Gasteiger partial charge on any atom is -0.372 e. The van der Waals surface area contributed by atoms with Gasteiger partial charge in [-0.1, -0.05) is 13.3 Å². The molecule has 2 rings (SSSR count). The molecule has 1 fully saturated rings. The second kappa shape index (κ2) is 5.13. The van der Waals surface area contributed by atoms with E-state index in [1.54, 1.807) is 0 Å². The van der Waals surface area contributed by atoms with E-state index in [1.165, 1.54) is 25.0 Å². The molecule has 1 N–H and O–H groups in total. The smallest absolute Gasteiger partial charge is 0.144 e. The number of nitrogens with zero attached hydrogens (tertiary/aromatic N) is 2. The van der Waals surface area contributed by atoms with Gasteiger partial charge in [-0.2, -0.15) is 0 Å². The quantitative estimate of drug-likeness (QED) is 0.899. The molecular weight excluding hydrogens is 266 g/mol. The molecule has 4 heteroatoms. The number of halogens is 1. The van der Waals surface area contributed by atoms with Crippen LogP contribution in [0.2, 0.25) is 0 Å². The molecule has 1 aromatic heterocycles. The van der Waals surface area contributed by atoms with E-state index in [0.717, 1.165) is 29.0 Å². The summed E-state index contributed by atoms with van der Waals surface area (Å²) in [6.07, 6.45) is 5.87. The van der Waals surface area contributed by atoms with Crippen molar-refractivity contribution in [3.63, 3.8) is 0 Å². The molecular formula is C12H18BrN3. The zero-order valence-corrected chi connectivity index (χ0v) is 11.5. The van der Waals surface area contributed by atoms with Crippen LogP contribution in [-0.2, 0) is 6.42 Å². The summed E-state index contributed by atoms with van der Waals surface area (Å²) in [5, 5.41) is 3.14. The average Bonchev–Trinajstić information content (AvgIpc) is 3.11. The molecule has 0 bridgehead atoms. The molecule has 3 nitrogen and oxygen atoms in total. The second-order valence-electron chi connectivity index (χ2n) is 4.32. The van der Waals surface area contributed by atoms with Crippen LogP contribution in [0.15, 0.2) is 4.47 Å². The fourth-order valence-corrected chi connectivity index (χ4v) is 2.45. The SMILES string of the molecule is CCCCc1nc(NC)c(Br)c(C2CC2)n1. The van der Waals surface area contributed by atoms with Gasteiger partial charge in [-0.05, 0) is 35.2 Å². The van der Waals surface area contributed by atoms with Gasteiger partial charge in [0.15, 0.2) is 0 Å². The third kappa shape index (κ3) is 2.54. The number of hydrogen-bond acceptors (Lipinski definition) is 3. The molecule has 1 saturated carbocycles. The topological polar surface area (TPSA) is 37.8 Å². The van der Waals surface area contributed by atoms with Crippen LogP contribution < -0.4 is 5.32 Å². The van der Waals surface area contributed by atoms with Crippen molar-refractivity contribution >= 4 is 21.7 Å². The summed E-state index contributed by atoms with van der Waals surface area (Å²) in [5.74, 6) is 2.57. The summed E-state index contributed by atoms with van der Waals surface area (Å²) < 4.78 is 1.05. The van der Waals surface area contributed by atoms with Crippen LogP contribution in [0, 0.1) is 0 Å². The Balaban J connectivity index is 2.28. The third-order valence-corrected chi connectivity index (χ3v) is 3.66. The fourth-order valence-electron chi connectivity index (χ4n) is 1.75. The number of hydrogen-bond donors (Lipinski definition) is 1. The Morgan fingerprint density at radius 3 is 2.69 bits per heavy atom. The molecule has 88 valence electrons. The van der Waals surface area contributed by atoms with Crippen molar-refractivity contribution in [1.82, 2.24) is 9.97 Å². The van der Waals surface area contributed by atoms with Crippen molar-refractivity contribution in [3.05, 3.63) is 16.0 Å². The molecule has 16 heavy (non-hydrogen) atoms. The predicted molar refractivity (Wildman–Crippen MR) is 69.9 cm³/mol. The van der Waals surface area contributed by atoms with Crippen molar-refractivity contribution in [1.29, 1.82) is 0 Å².